The fourth-order valence-corrected chi connectivity index (χ4v) is 2.20. The Morgan fingerprint density at radius 3 is 2.41 bits per heavy atom. The van der Waals surface area contributed by atoms with Gasteiger partial charge >= 0.3 is 5.97 Å². The van der Waals surface area contributed by atoms with Crippen LogP contribution in [0.25, 0.3) is 6.08 Å². The number of hydrogen-bond acceptors (Lipinski definition) is 2. The second kappa shape index (κ2) is 7.99. The van der Waals surface area contributed by atoms with Gasteiger partial charge < -0.3 is 4.74 Å². The van der Waals surface area contributed by atoms with Gasteiger partial charge in [-0.1, -0.05) is 60.7 Å². The highest BCUT2D eigenvalue weighted by atomic mass is 16.5. The zero-order chi connectivity index (χ0) is 15.8. The quantitative estimate of drug-likeness (QED) is 0.577. The fraction of sp³-hybridized carbons (Fsp3) is 0.150. The van der Waals surface area contributed by atoms with Gasteiger partial charge in [0, 0.05) is 0 Å². The van der Waals surface area contributed by atoms with E-state index in [1.54, 1.807) is 12.1 Å². The fourth-order valence-electron chi connectivity index (χ4n) is 2.20. The summed E-state index contributed by atoms with van der Waals surface area (Å²) in [6, 6.07) is 17.7. The number of esters is 1. The Morgan fingerprint density at radius 1 is 1.14 bits per heavy atom. The van der Waals surface area contributed by atoms with E-state index in [4.69, 9.17) is 0 Å². The molecule has 2 heteroatoms. The Morgan fingerprint density at radius 2 is 1.82 bits per heavy atom. The summed E-state index contributed by atoms with van der Waals surface area (Å²) in [6.45, 7) is 3.91. The highest BCUT2D eigenvalue weighted by Gasteiger charge is 2.04. The maximum absolute atomic E-state index is 11.4. The first-order valence-corrected chi connectivity index (χ1v) is 7.26. The SMILES string of the molecule is C=C[C@H](/C=C/c1ccc(C(=O)OC)cc1)Cc1ccccc1. The van der Waals surface area contributed by atoms with Crippen LogP contribution in [-0.2, 0) is 11.2 Å². The number of allylic oxidation sites excluding steroid dienone is 2. The molecular formula is C20H20O2. The minimum atomic E-state index is -0.316. The minimum absolute atomic E-state index is 0.280. The third kappa shape index (κ3) is 4.45. The molecule has 0 amide bonds. The Bertz CT molecular complexity index is 639. The first-order chi connectivity index (χ1) is 10.7. The summed E-state index contributed by atoms with van der Waals surface area (Å²) in [6.07, 6.45) is 7.07. The van der Waals surface area contributed by atoms with Gasteiger partial charge in [-0.15, -0.1) is 6.58 Å². The van der Waals surface area contributed by atoms with Crippen molar-refractivity contribution >= 4 is 12.0 Å². The average molecular weight is 292 g/mol. The summed E-state index contributed by atoms with van der Waals surface area (Å²) in [7, 11) is 1.38. The smallest absolute Gasteiger partial charge is 0.337 e. The molecule has 112 valence electrons. The van der Waals surface area contributed by atoms with Crippen molar-refractivity contribution in [3.05, 3.63) is 90.0 Å². The highest BCUT2D eigenvalue weighted by molar-refractivity contribution is 5.89. The number of ether oxygens (including phenoxy) is 1. The van der Waals surface area contributed by atoms with Gasteiger partial charge in [0.05, 0.1) is 12.7 Å². The molecule has 2 rings (SSSR count). The molecule has 0 aliphatic carbocycles. The van der Waals surface area contributed by atoms with Gasteiger partial charge in [0.25, 0.3) is 0 Å². The lowest BCUT2D eigenvalue weighted by atomic mass is 9.98. The molecule has 0 aliphatic rings. The van der Waals surface area contributed by atoms with E-state index in [9.17, 15) is 4.79 Å². The average Bonchev–Trinajstić information content (AvgIpc) is 2.59. The maximum atomic E-state index is 11.4. The molecule has 0 N–H and O–H groups in total. The van der Waals surface area contributed by atoms with Gasteiger partial charge in [-0.2, -0.15) is 0 Å². The van der Waals surface area contributed by atoms with Gasteiger partial charge in [-0.25, -0.2) is 4.79 Å². The van der Waals surface area contributed by atoms with Crippen LogP contribution >= 0.6 is 0 Å². The topological polar surface area (TPSA) is 26.3 Å². The van der Waals surface area contributed by atoms with Crippen LogP contribution in [0.5, 0.6) is 0 Å². The van der Waals surface area contributed by atoms with Crippen molar-refractivity contribution in [3.63, 3.8) is 0 Å². The first kappa shape index (κ1) is 15.8. The Labute approximate surface area is 131 Å². The lowest BCUT2D eigenvalue weighted by molar-refractivity contribution is 0.0600. The molecule has 0 aromatic heterocycles. The third-order valence-corrected chi connectivity index (χ3v) is 3.48. The van der Waals surface area contributed by atoms with E-state index >= 15 is 0 Å². The summed E-state index contributed by atoms with van der Waals surface area (Å²) >= 11 is 0. The summed E-state index contributed by atoms with van der Waals surface area (Å²) in [4.78, 5) is 11.4. The first-order valence-electron chi connectivity index (χ1n) is 7.26. The number of rotatable bonds is 6. The van der Waals surface area contributed by atoms with Crippen molar-refractivity contribution in [3.8, 4) is 0 Å². The zero-order valence-electron chi connectivity index (χ0n) is 12.7. The van der Waals surface area contributed by atoms with Crippen LogP contribution in [0.15, 0.2) is 73.3 Å². The van der Waals surface area contributed by atoms with E-state index in [-0.39, 0.29) is 11.9 Å². The lowest BCUT2D eigenvalue weighted by Crippen LogP contribution is -2.00. The number of hydrogen-bond donors (Lipinski definition) is 0. The molecule has 1 atom stereocenters. The van der Waals surface area contributed by atoms with E-state index < -0.39 is 0 Å². The Kier molecular flexibility index (Phi) is 5.73. The Balaban J connectivity index is 2.02. The predicted octanol–water partition coefficient (Wildman–Crippen LogP) is 4.53. The van der Waals surface area contributed by atoms with Crippen molar-refractivity contribution in [1.82, 2.24) is 0 Å². The van der Waals surface area contributed by atoms with E-state index in [1.165, 1.54) is 12.7 Å². The van der Waals surface area contributed by atoms with Crippen LogP contribution in [0.4, 0.5) is 0 Å². The van der Waals surface area contributed by atoms with E-state index in [0.29, 0.717) is 5.56 Å². The van der Waals surface area contributed by atoms with Crippen LogP contribution in [0.1, 0.15) is 21.5 Å². The van der Waals surface area contributed by atoms with Gasteiger partial charge in [0.15, 0.2) is 0 Å². The second-order valence-corrected chi connectivity index (χ2v) is 5.06. The van der Waals surface area contributed by atoms with Crippen molar-refractivity contribution < 1.29 is 9.53 Å². The van der Waals surface area contributed by atoms with Gasteiger partial charge in [-0.05, 0) is 35.6 Å². The molecule has 0 spiro atoms. The normalized spacial score (nSPS) is 12.0. The molecule has 0 heterocycles. The Hall–Kier alpha value is -2.61. The molecule has 22 heavy (non-hydrogen) atoms. The molecule has 2 aromatic rings. The largest absolute Gasteiger partial charge is 0.465 e. The van der Waals surface area contributed by atoms with Crippen molar-refractivity contribution in [2.75, 3.05) is 7.11 Å². The number of carbonyl (C=O) groups is 1. The maximum Gasteiger partial charge on any atom is 0.337 e. The minimum Gasteiger partial charge on any atom is -0.465 e. The van der Waals surface area contributed by atoms with Crippen LogP contribution in [0.3, 0.4) is 0 Å². The predicted molar refractivity (Wildman–Crippen MR) is 90.6 cm³/mol. The summed E-state index contributed by atoms with van der Waals surface area (Å²) in [5, 5.41) is 0. The molecule has 2 aromatic carbocycles. The number of benzene rings is 2. The van der Waals surface area contributed by atoms with E-state index in [0.717, 1.165) is 12.0 Å². The van der Waals surface area contributed by atoms with E-state index in [2.05, 4.69) is 35.6 Å². The molecule has 0 fully saturated rings. The molecule has 2 nitrogen and oxygen atoms in total. The van der Waals surface area contributed by atoms with Crippen molar-refractivity contribution in [1.29, 1.82) is 0 Å². The molecule has 0 aliphatic heterocycles. The standard InChI is InChI=1S/C20H20O2/c1-3-16(15-18-7-5-4-6-8-18)9-10-17-11-13-19(14-12-17)20(21)22-2/h3-14,16H,1,15H2,2H3/b10-9+/t16-/m1/s1. The summed E-state index contributed by atoms with van der Waals surface area (Å²) in [5.41, 5.74) is 2.90. The van der Waals surface area contributed by atoms with Crippen LogP contribution in [-0.4, -0.2) is 13.1 Å². The van der Waals surface area contributed by atoms with Crippen molar-refractivity contribution in [2.45, 2.75) is 6.42 Å². The van der Waals surface area contributed by atoms with Gasteiger partial charge in [0.2, 0.25) is 0 Å². The summed E-state index contributed by atoms with van der Waals surface area (Å²) < 4.78 is 4.69. The summed E-state index contributed by atoms with van der Waals surface area (Å²) in [5.74, 6) is -0.0359. The molecular weight excluding hydrogens is 272 g/mol. The number of methoxy groups -OCH3 is 1. The molecule has 0 radical (unpaired) electrons. The molecule has 0 bridgehead atoms. The highest BCUT2D eigenvalue weighted by Crippen LogP contribution is 2.14. The molecule has 0 saturated carbocycles. The van der Waals surface area contributed by atoms with Crippen LogP contribution in [0, 0.1) is 5.92 Å². The monoisotopic (exact) mass is 292 g/mol. The molecule has 0 unspecified atom stereocenters. The number of carbonyl (C=O) groups excluding carboxylic acids is 1. The van der Waals surface area contributed by atoms with Crippen molar-refractivity contribution in [2.24, 2.45) is 5.92 Å². The van der Waals surface area contributed by atoms with Gasteiger partial charge in [-0.3, -0.25) is 0 Å². The zero-order valence-corrected chi connectivity index (χ0v) is 12.7. The van der Waals surface area contributed by atoms with E-state index in [1.807, 2.05) is 36.4 Å². The van der Waals surface area contributed by atoms with Crippen LogP contribution in [0.2, 0.25) is 0 Å². The molecule has 0 saturated heterocycles. The second-order valence-electron chi connectivity index (χ2n) is 5.06. The lowest BCUT2D eigenvalue weighted by Gasteiger charge is -2.07. The van der Waals surface area contributed by atoms with Crippen LogP contribution < -0.4 is 0 Å². The van der Waals surface area contributed by atoms with Gasteiger partial charge in [0.1, 0.15) is 0 Å². The third-order valence-electron chi connectivity index (χ3n) is 3.48.